The molecule has 2 rings (SSSR count). The molecule has 2 aromatic rings. The van der Waals surface area contributed by atoms with E-state index in [2.05, 4.69) is 21.2 Å². The predicted octanol–water partition coefficient (Wildman–Crippen LogP) is 3.10. The Balaban J connectivity index is 1.89. The standard InChI is InChI=1S/C15H13BrN2O2S/c16-12-3-1-2-4-13(12)18-14(19)9-20-11-7-5-10(6-8-11)15(17)21/h1-8H,9H2,(H2,17,21)(H,18,19). The number of carbonyl (C=O) groups is 1. The molecule has 21 heavy (non-hydrogen) atoms. The van der Waals surface area contributed by atoms with Gasteiger partial charge in [0.2, 0.25) is 0 Å². The minimum atomic E-state index is -0.236. The van der Waals surface area contributed by atoms with Crippen molar-refractivity contribution in [2.24, 2.45) is 5.73 Å². The summed E-state index contributed by atoms with van der Waals surface area (Å²) in [6.07, 6.45) is 0. The van der Waals surface area contributed by atoms with E-state index in [1.807, 2.05) is 18.2 Å². The number of anilines is 1. The van der Waals surface area contributed by atoms with Gasteiger partial charge in [0.25, 0.3) is 5.91 Å². The molecule has 0 spiro atoms. The van der Waals surface area contributed by atoms with Gasteiger partial charge in [-0.3, -0.25) is 4.79 Å². The van der Waals surface area contributed by atoms with Crippen LogP contribution in [0.4, 0.5) is 5.69 Å². The van der Waals surface area contributed by atoms with Crippen LogP contribution in [0.3, 0.4) is 0 Å². The number of para-hydroxylation sites is 1. The number of ether oxygens (including phenoxy) is 1. The zero-order valence-corrected chi connectivity index (χ0v) is 13.4. The van der Waals surface area contributed by atoms with Crippen molar-refractivity contribution in [2.45, 2.75) is 0 Å². The lowest BCUT2D eigenvalue weighted by Crippen LogP contribution is -2.20. The molecule has 0 unspecified atom stereocenters. The van der Waals surface area contributed by atoms with Gasteiger partial charge in [0.05, 0.1) is 5.69 Å². The molecule has 108 valence electrons. The molecule has 0 aliphatic carbocycles. The monoisotopic (exact) mass is 364 g/mol. The number of halogens is 1. The van der Waals surface area contributed by atoms with E-state index in [-0.39, 0.29) is 12.5 Å². The number of rotatable bonds is 5. The summed E-state index contributed by atoms with van der Waals surface area (Å²) in [6, 6.07) is 14.3. The topological polar surface area (TPSA) is 64.3 Å². The molecule has 4 nitrogen and oxygen atoms in total. The van der Waals surface area contributed by atoms with Crippen molar-refractivity contribution in [3.63, 3.8) is 0 Å². The van der Waals surface area contributed by atoms with E-state index >= 15 is 0 Å². The number of nitrogens with one attached hydrogen (secondary N) is 1. The first-order valence-corrected chi connectivity index (χ1v) is 7.33. The molecule has 0 bridgehead atoms. The van der Waals surface area contributed by atoms with Gasteiger partial charge in [-0.05, 0) is 52.3 Å². The number of hydrogen-bond donors (Lipinski definition) is 2. The van der Waals surface area contributed by atoms with Gasteiger partial charge in [-0.25, -0.2) is 0 Å². The maximum absolute atomic E-state index is 11.8. The molecule has 1 amide bonds. The van der Waals surface area contributed by atoms with Crippen LogP contribution in [0.15, 0.2) is 53.0 Å². The molecule has 6 heteroatoms. The van der Waals surface area contributed by atoms with Crippen molar-refractivity contribution in [1.82, 2.24) is 0 Å². The highest BCUT2D eigenvalue weighted by Crippen LogP contribution is 2.21. The van der Waals surface area contributed by atoms with Crippen LogP contribution in [0.1, 0.15) is 5.56 Å². The van der Waals surface area contributed by atoms with Crippen molar-refractivity contribution in [2.75, 3.05) is 11.9 Å². The molecule has 0 atom stereocenters. The van der Waals surface area contributed by atoms with Gasteiger partial charge >= 0.3 is 0 Å². The number of benzene rings is 2. The smallest absolute Gasteiger partial charge is 0.262 e. The van der Waals surface area contributed by atoms with E-state index in [4.69, 9.17) is 22.7 Å². The average molecular weight is 365 g/mol. The largest absolute Gasteiger partial charge is 0.484 e. The molecule has 0 heterocycles. The normalized spacial score (nSPS) is 9.95. The van der Waals surface area contributed by atoms with E-state index in [0.717, 1.165) is 10.0 Å². The van der Waals surface area contributed by atoms with E-state index in [0.29, 0.717) is 16.4 Å². The molecule has 3 N–H and O–H groups in total. The zero-order valence-electron chi connectivity index (χ0n) is 11.0. The molecular weight excluding hydrogens is 352 g/mol. The van der Waals surface area contributed by atoms with Crippen LogP contribution in [-0.4, -0.2) is 17.5 Å². The van der Waals surface area contributed by atoms with Crippen molar-refractivity contribution in [1.29, 1.82) is 0 Å². The fourth-order valence-electron chi connectivity index (χ4n) is 1.61. The first-order chi connectivity index (χ1) is 10.1. The Morgan fingerprint density at radius 1 is 1.19 bits per heavy atom. The van der Waals surface area contributed by atoms with Crippen LogP contribution in [0.25, 0.3) is 0 Å². The van der Waals surface area contributed by atoms with Crippen LogP contribution in [-0.2, 0) is 4.79 Å². The minimum absolute atomic E-state index is 0.0756. The molecule has 0 saturated heterocycles. The number of carbonyl (C=O) groups excluding carboxylic acids is 1. The van der Waals surface area contributed by atoms with E-state index in [1.165, 1.54) is 0 Å². The van der Waals surface area contributed by atoms with Gasteiger partial charge < -0.3 is 15.8 Å². The summed E-state index contributed by atoms with van der Waals surface area (Å²) in [5.74, 6) is 0.345. The summed E-state index contributed by atoms with van der Waals surface area (Å²) in [7, 11) is 0. The van der Waals surface area contributed by atoms with E-state index < -0.39 is 0 Å². The Labute approximate surface area is 136 Å². The second-order valence-corrected chi connectivity index (χ2v) is 5.50. The summed E-state index contributed by atoms with van der Waals surface area (Å²) in [5, 5.41) is 2.76. The van der Waals surface area contributed by atoms with Crippen LogP contribution < -0.4 is 15.8 Å². The fraction of sp³-hybridized carbons (Fsp3) is 0.0667. The maximum Gasteiger partial charge on any atom is 0.262 e. The summed E-state index contributed by atoms with van der Waals surface area (Å²) in [6.45, 7) is -0.0756. The molecular formula is C15H13BrN2O2S. The summed E-state index contributed by atoms with van der Waals surface area (Å²) in [5.41, 5.74) is 6.97. The van der Waals surface area contributed by atoms with Gasteiger partial charge in [0.1, 0.15) is 10.7 Å². The van der Waals surface area contributed by atoms with Crippen LogP contribution >= 0.6 is 28.1 Å². The number of amides is 1. The third-order valence-corrected chi connectivity index (χ3v) is 3.58. The lowest BCUT2D eigenvalue weighted by atomic mass is 10.2. The Kier molecular flexibility index (Phi) is 5.30. The van der Waals surface area contributed by atoms with Crippen LogP contribution in [0, 0.1) is 0 Å². The van der Waals surface area contributed by atoms with Crippen molar-refractivity contribution >= 4 is 44.7 Å². The van der Waals surface area contributed by atoms with Crippen LogP contribution in [0.2, 0.25) is 0 Å². The molecule has 2 aromatic carbocycles. The number of thiocarbonyl (C=S) groups is 1. The molecule has 0 aromatic heterocycles. The second kappa shape index (κ2) is 7.19. The highest BCUT2D eigenvalue weighted by atomic mass is 79.9. The Hall–Kier alpha value is -1.92. The van der Waals surface area contributed by atoms with Gasteiger partial charge in [-0.2, -0.15) is 0 Å². The third kappa shape index (κ3) is 4.54. The fourth-order valence-corrected chi connectivity index (χ4v) is 2.13. The predicted molar refractivity (Wildman–Crippen MR) is 90.6 cm³/mol. The molecule has 0 fully saturated rings. The van der Waals surface area contributed by atoms with Gasteiger partial charge in [-0.1, -0.05) is 24.4 Å². The summed E-state index contributed by atoms with van der Waals surface area (Å²) in [4.78, 5) is 12.1. The Bertz CT molecular complexity index is 659. The van der Waals surface area contributed by atoms with Gasteiger partial charge in [0.15, 0.2) is 6.61 Å². The van der Waals surface area contributed by atoms with Crippen molar-refractivity contribution in [3.05, 3.63) is 58.6 Å². The second-order valence-electron chi connectivity index (χ2n) is 4.21. The molecule has 0 aliphatic heterocycles. The average Bonchev–Trinajstić information content (AvgIpc) is 2.48. The van der Waals surface area contributed by atoms with Gasteiger partial charge in [-0.15, -0.1) is 0 Å². The molecule has 0 radical (unpaired) electrons. The summed E-state index contributed by atoms with van der Waals surface area (Å²) >= 11 is 8.23. The zero-order chi connectivity index (χ0) is 15.2. The lowest BCUT2D eigenvalue weighted by Gasteiger charge is -2.09. The quantitative estimate of drug-likeness (QED) is 0.800. The number of hydrogen-bond acceptors (Lipinski definition) is 3. The van der Waals surface area contributed by atoms with Crippen LogP contribution in [0.5, 0.6) is 5.75 Å². The van der Waals surface area contributed by atoms with Gasteiger partial charge in [0, 0.05) is 10.0 Å². The van der Waals surface area contributed by atoms with E-state index in [1.54, 1.807) is 30.3 Å². The van der Waals surface area contributed by atoms with E-state index in [9.17, 15) is 4.79 Å². The Morgan fingerprint density at radius 3 is 2.48 bits per heavy atom. The lowest BCUT2D eigenvalue weighted by molar-refractivity contribution is -0.118. The Morgan fingerprint density at radius 2 is 1.86 bits per heavy atom. The SMILES string of the molecule is NC(=S)c1ccc(OCC(=O)Nc2ccccc2Br)cc1. The first-order valence-electron chi connectivity index (χ1n) is 6.13. The molecule has 0 saturated carbocycles. The first kappa shape index (κ1) is 15.5. The third-order valence-electron chi connectivity index (χ3n) is 2.66. The minimum Gasteiger partial charge on any atom is -0.484 e. The van der Waals surface area contributed by atoms with Crippen molar-refractivity contribution < 1.29 is 9.53 Å². The van der Waals surface area contributed by atoms with Crippen molar-refractivity contribution in [3.8, 4) is 5.75 Å². The highest BCUT2D eigenvalue weighted by molar-refractivity contribution is 9.10. The molecule has 0 aliphatic rings. The maximum atomic E-state index is 11.8. The number of nitrogens with two attached hydrogens (primary N) is 1. The summed E-state index contributed by atoms with van der Waals surface area (Å²) < 4.78 is 6.22. The highest BCUT2D eigenvalue weighted by Gasteiger charge is 2.06.